The predicted molar refractivity (Wildman–Crippen MR) is 83.1 cm³/mol. The van der Waals surface area contributed by atoms with Gasteiger partial charge in [0.05, 0.1) is 13.0 Å². The summed E-state index contributed by atoms with van der Waals surface area (Å²) in [6.07, 6.45) is -4.44. The van der Waals surface area contributed by atoms with Gasteiger partial charge in [-0.2, -0.15) is 13.2 Å². The number of carbonyl (C=O) groups is 2. The van der Waals surface area contributed by atoms with Gasteiger partial charge in [-0.25, -0.2) is 9.78 Å². The summed E-state index contributed by atoms with van der Waals surface area (Å²) in [5, 5.41) is 17.0. The summed E-state index contributed by atoms with van der Waals surface area (Å²) in [7, 11) is 0. The SMILES string of the molecule is CCOC(=O)CCc1nnc(Sc2nc(C(F)(F)F)c(C(=O)O)s2)s1. The maximum absolute atomic E-state index is 12.8. The molecule has 0 aromatic carbocycles. The van der Waals surface area contributed by atoms with Crippen LogP contribution in [0.4, 0.5) is 13.2 Å². The smallest absolute Gasteiger partial charge is 0.435 e. The number of aryl methyl sites for hydroxylation is 1. The highest BCUT2D eigenvalue weighted by Gasteiger charge is 2.40. The Hall–Kier alpha value is -1.73. The Bertz CT molecular complexity index is 775. The third-order valence-electron chi connectivity index (χ3n) is 2.54. The lowest BCUT2D eigenvalue weighted by Gasteiger charge is -2.02. The van der Waals surface area contributed by atoms with E-state index in [4.69, 9.17) is 9.84 Å². The number of halogens is 3. The Morgan fingerprint density at radius 1 is 1.24 bits per heavy atom. The Kier molecular flexibility index (Phi) is 6.35. The highest BCUT2D eigenvalue weighted by molar-refractivity contribution is 8.02. The van der Waals surface area contributed by atoms with Crippen molar-refractivity contribution in [1.29, 1.82) is 0 Å². The second-order valence-electron chi connectivity index (χ2n) is 4.33. The van der Waals surface area contributed by atoms with Gasteiger partial charge in [-0.3, -0.25) is 4.79 Å². The fraction of sp³-hybridized carbons (Fsp3) is 0.417. The first kappa shape index (κ1) is 19.6. The number of thiazole rings is 1. The van der Waals surface area contributed by atoms with Crippen molar-refractivity contribution in [1.82, 2.24) is 15.2 Å². The van der Waals surface area contributed by atoms with Gasteiger partial charge < -0.3 is 9.84 Å². The molecule has 1 N–H and O–H groups in total. The Morgan fingerprint density at radius 2 is 1.96 bits per heavy atom. The quantitative estimate of drug-likeness (QED) is 0.690. The van der Waals surface area contributed by atoms with Crippen LogP contribution in [0.2, 0.25) is 0 Å². The van der Waals surface area contributed by atoms with Crippen LogP contribution < -0.4 is 0 Å². The van der Waals surface area contributed by atoms with Crippen LogP contribution in [0.1, 0.15) is 33.7 Å². The molecule has 0 atom stereocenters. The molecule has 0 aliphatic rings. The molecule has 0 spiro atoms. The molecule has 136 valence electrons. The summed E-state index contributed by atoms with van der Waals surface area (Å²) in [6, 6.07) is 0. The molecule has 7 nitrogen and oxygen atoms in total. The molecule has 13 heteroatoms. The van der Waals surface area contributed by atoms with Crippen molar-refractivity contribution in [3.8, 4) is 0 Å². The van der Waals surface area contributed by atoms with Crippen molar-refractivity contribution in [3.05, 3.63) is 15.6 Å². The van der Waals surface area contributed by atoms with Crippen LogP contribution >= 0.6 is 34.4 Å². The van der Waals surface area contributed by atoms with Gasteiger partial charge >= 0.3 is 18.1 Å². The molecule has 0 fully saturated rings. The summed E-state index contributed by atoms with van der Waals surface area (Å²) < 4.78 is 43.4. The van der Waals surface area contributed by atoms with Crippen molar-refractivity contribution >= 4 is 46.4 Å². The molecule has 0 amide bonds. The Labute approximate surface area is 151 Å². The Morgan fingerprint density at radius 3 is 2.52 bits per heavy atom. The number of aromatic carboxylic acids is 1. The van der Waals surface area contributed by atoms with Gasteiger partial charge in [-0.1, -0.05) is 22.7 Å². The average molecular weight is 413 g/mol. The molecule has 0 aliphatic heterocycles. The first-order valence-electron chi connectivity index (χ1n) is 6.67. The van der Waals surface area contributed by atoms with Crippen LogP contribution in [-0.4, -0.2) is 38.8 Å². The number of esters is 1. The van der Waals surface area contributed by atoms with Gasteiger partial charge in [-0.15, -0.1) is 10.2 Å². The highest BCUT2D eigenvalue weighted by atomic mass is 32.2. The molecule has 0 aliphatic carbocycles. The minimum atomic E-state index is -4.85. The van der Waals surface area contributed by atoms with Crippen molar-refractivity contribution in [3.63, 3.8) is 0 Å². The van der Waals surface area contributed by atoms with E-state index in [1.54, 1.807) is 6.92 Å². The lowest BCUT2D eigenvalue weighted by molar-refractivity contribution is -0.143. The molecule has 25 heavy (non-hydrogen) atoms. The molecular formula is C12H10F3N3O4S3. The number of rotatable bonds is 7. The summed E-state index contributed by atoms with van der Waals surface area (Å²) in [6.45, 7) is 1.96. The van der Waals surface area contributed by atoms with Gasteiger partial charge in [0, 0.05) is 6.42 Å². The molecule has 0 bridgehead atoms. The lowest BCUT2D eigenvalue weighted by atomic mass is 10.3. The maximum atomic E-state index is 12.8. The fourth-order valence-corrected chi connectivity index (χ4v) is 4.68. The number of ether oxygens (including phenoxy) is 1. The first-order chi connectivity index (χ1) is 11.7. The third-order valence-corrected chi connectivity index (χ3v) is 5.68. The molecule has 2 rings (SSSR count). The second kappa shape index (κ2) is 8.10. The maximum Gasteiger partial charge on any atom is 0.435 e. The first-order valence-corrected chi connectivity index (χ1v) is 9.12. The predicted octanol–water partition coefficient (Wildman–Crippen LogP) is 3.36. The summed E-state index contributed by atoms with van der Waals surface area (Å²) >= 11 is 2.30. The minimum absolute atomic E-state index is 0.0992. The van der Waals surface area contributed by atoms with E-state index in [0.29, 0.717) is 27.1 Å². The van der Waals surface area contributed by atoms with Crippen molar-refractivity contribution in [2.45, 2.75) is 34.6 Å². The van der Waals surface area contributed by atoms with E-state index in [9.17, 15) is 22.8 Å². The van der Waals surface area contributed by atoms with Gasteiger partial charge in [0.1, 0.15) is 9.88 Å². The van der Waals surface area contributed by atoms with E-state index in [0.717, 1.165) is 23.1 Å². The zero-order valence-corrected chi connectivity index (χ0v) is 14.9. The lowest BCUT2D eigenvalue weighted by Crippen LogP contribution is -2.11. The third kappa shape index (κ3) is 5.37. The van der Waals surface area contributed by atoms with E-state index in [1.165, 1.54) is 0 Å². The van der Waals surface area contributed by atoms with E-state index in [2.05, 4.69) is 15.2 Å². The molecule has 2 aromatic rings. The van der Waals surface area contributed by atoms with E-state index < -0.39 is 22.7 Å². The standard InChI is InChI=1S/C12H10F3N3O4S3/c1-2-22-6(19)4-3-5-17-18-11(23-5)25-10-16-8(12(13,14)15)7(24-10)9(20)21/h2-4H2,1H3,(H,20,21). The topological polar surface area (TPSA) is 102 Å². The molecule has 2 aromatic heterocycles. The summed E-state index contributed by atoms with van der Waals surface area (Å²) in [4.78, 5) is 24.7. The number of hydrogen-bond acceptors (Lipinski definition) is 9. The van der Waals surface area contributed by atoms with E-state index in [-0.39, 0.29) is 23.3 Å². The molecule has 2 heterocycles. The average Bonchev–Trinajstić information content (AvgIpc) is 3.12. The van der Waals surface area contributed by atoms with E-state index in [1.807, 2.05) is 0 Å². The van der Waals surface area contributed by atoms with Crippen LogP contribution in [0.25, 0.3) is 0 Å². The van der Waals surface area contributed by atoms with Crippen LogP contribution in [0.5, 0.6) is 0 Å². The van der Waals surface area contributed by atoms with Crippen LogP contribution in [0.3, 0.4) is 0 Å². The number of hydrogen-bond donors (Lipinski definition) is 1. The number of aromatic nitrogens is 3. The van der Waals surface area contributed by atoms with Crippen LogP contribution in [0, 0.1) is 0 Å². The summed E-state index contributed by atoms with van der Waals surface area (Å²) in [5.41, 5.74) is -1.43. The van der Waals surface area contributed by atoms with Crippen LogP contribution in [-0.2, 0) is 22.1 Å². The number of carbonyl (C=O) groups excluding carboxylic acids is 1. The second-order valence-corrected chi connectivity index (χ2v) is 7.88. The molecule has 0 unspecified atom stereocenters. The fourth-order valence-electron chi connectivity index (χ4n) is 1.58. The van der Waals surface area contributed by atoms with Crippen molar-refractivity contribution in [2.75, 3.05) is 6.61 Å². The zero-order chi connectivity index (χ0) is 18.6. The highest BCUT2D eigenvalue weighted by Crippen LogP contribution is 2.40. The van der Waals surface area contributed by atoms with Crippen LogP contribution in [0.15, 0.2) is 8.68 Å². The van der Waals surface area contributed by atoms with Crippen molar-refractivity contribution in [2.24, 2.45) is 0 Å². The van der Waals surface area contributed by atoms with E-state index >= 15 is 0 Å². The van der Waals surface area contributed by atoms with Gasteiger partial charge in [0.2, 0.25) is 0 Å². The van der Waals surface area contributed by atoms with Crippen molar-refractivity contribution < 1.29 is 32.6 Å². The summed E-state index contributed by atoms with van der Waals surface area (Å²) in [5.74, 6) is -2.07. The molecule has 0 radical (unpaired) electrons. The molecule has 0 saturated carbocycles. The largest absolute Gasteiger partial charge is 0.477 e. The number of alkyl halides is 3. The van der Waals surface area contributed by atoms with Gasteiger partial charge in [0.25, 0.3) is 0 Å². The zero-order valence-electron chi connectivity index (χ0n) is 12.5. The van der Waals surface area contributed by atoms with Gasteiger partial charge in [-0.05, 0) is 18.7 Å². The molecular weight excluding hydrogens is 403 g/mol. The normalized spacial score (nSPS) is 11.5. The van der Waals surface area contributed by atoms with Gasteiger partial charge in [0.15, 0.2) is 14.4 Å². The Balaban J connectivity index is 2.08. The number of carboxylic acids is 1. The monoisotopic (exact) mass is 413 g/mol. The number of nitrogens with zero attached hydrogens (tertiary/aromatic N) is 3. The molecule has 0 saturated heterocycles. The minimum Gasteiger partial charge on any atom is -0.477 e. The number of carboxylic acid groups (broad SMARTS) is 1.